The first-order chi connectivity index (χ1) is 16.0. The van der Waals surface area contributed by atoms with Gasteiger partial charge in [-0.15, -0.1) is 0 Å². The van der Waals surface area contributed by atoms with Gasteiger partial charge in [-0.25, -0.2) is 9.59 Å². The van der Waals surface area contributed by atoms with Crippen molar-refractivity contribution < 1.29 is 24.2 Å². The summed E-state index contributed by atoms with van der Waals surface area (Å²) in [5.74, 6) is 3.13. The van der Waals surface area contributed by atoms with Gasteiger partial charge in [0.25, 0.3) is 0 Å². The highest BCUT2D eigenvalue weighted by Gasteiger charge is 2.31. The molecule has 2 amide bonds. The fourth-order valence-corrected chi connectivity index (χ4v) is 4.80. The van der Waals surface area contributed by atoms with Gasteiger partial charge < -0.3 is 20.5 Å². The van der Waals surface area contributed by atoms with Gasteiger partial charge >= 0.3 is 12.1 Å². The zero-order valence-corrected chi connectivity index (χ0v) is 18.2. The Kier molecular flexibility index (Phi) is 6.94. The van der Waals surface area contributed by atoms with E-state index in [9.17, 15) is 14.4 Å². The Morgan fingerprint density at radius 1 is 1.00 bits per heavy atom. The zero-order chi connectivity index (χ0) is 23.2. The Morgan fingerprint density at radius 2 is 1.67 bits per heavy atom. The minimum atomic E-state index is -1.22. The third-order valence-corrected chi connectivity index (χ3v) is 6.25. The quantitative estimate of drug-likeness (QED) is 0.591. The number of ether oxygens (including phenoxy) is 1. The van der Waals surface area contributed by atoms with Crippen molar-refractivity contribution in [1.82, 2.24) is 10.6 Å². The van der Waals surface area contributed by atoms with Crippen LogP contribution in [0.5, 0.6) is 0 Å². The van der Waals surface area contributed by atoms with Crippen molar-refractivity contribution in [1.29, 1.82) is 0 Å². The highest BCUT2D eigenvalue weighted by Crippen LogP contribution is 2.44. The van der Waals surface area contributed by atoms with Gasteiger partial charge in [0.05, 0.1) is 6.54 Å². The van der Waals surface area contributed by atoms with Crippen molar-refractivity contribution in [2.24, 2.45) is 5.92 Å². The highest BCUT2D eigenvalue weighted by molar-refractivity contribution is 5.86. The van der Waals surface area contributed by atoms with E-state index in [4.69, 9.17) is 9.84 Å². The van der Waals surface area contributed by atoms with Crippen LogP contribution >= 0.6 is 0 Å². The average Bonchev–Trinajstić information content (AvgIpc) is 3.37. The van der Waals surface area contributed by atoms with Gasteiger partial charge in [0, 0.05) is 24.3 Å². The molecular formula is C26H26N2O5. The van der Waals surface area contributed by atoms with Crippen LogP contribution in [-0.4, -0.2) is 42.3 Å². The predicted octanol–water partition coefficient (Wildman–Crippen LogP) is 3.29. The molecule has 7 nitrogen and oxygen atoms in total. The number of hydrogen-bond acceptors (Lipinski definition) is 4. The summed E-state index contributed by atoms with van der Waals surface area (Å²) in [4.78, 5) is 34.8. The molecule has 2 atom stereocenters. The first-order valence-corrected chi connectivity index (χ1v) is 11.1. The maximum Gasteiger partial charge on any atom is 0.407 e. The van der Waals surface area contributed by atoms with Gasteiger partial charge in [0.15, 0.2) is 0 Å². The van der Waals surface area contributed by atoms with Crippen molar-refractivity contribution in [3.05, 3.63) is 59.7 Å². The fourth-order valence-electron chi connectivity index (χ4n) is 4.80. The SMILES string of the molecule is O=C(O)C#CCNC(=O)CC1CCC(NC(=O)OCC2c3ccccc3-c3ccccc32)C1. The van der Waals surface area contributed by atoms with E-state index in [0.29, 0.717) is 12.8 Å². The molecule has 2 aromatic rings. The van der Waals surface area contributed by atoms with E-state index in [1.165, 1.54) is 22.3 Å². The van der Waals surface area contributed by atoms with Crippen molar-refractivity contribution in [3.63, 3.8) is 0 Å². The number of carbonyl (C=O) groups is 3. The summed E-state index contributed by atoms with van der Waals surface area (Å²) in [7, 11) is 0. The molecule has 0 saturated heterocycles. The molecule has 7 heteroatoms. The van der Waals surface area contributed by atoms with Crippen molar-refractivity contribution >= 4 is 18.0 Å². The Labute approximate surface area is 192 Å². The fraction of sp³-hybridized carbons (Fsp3) is 0.346. The van der Waals surface area contributed by atoms with Gasteiger partial charge in [0.2, 0.25) is 5.91 Å². The lowest BCUT2D eigenvalue weighted by Gasteiger charge is -2.17. The van der Waals surface area contributed by atoms with Crippen molar-refractivity contribution in [2.45, 2.75) is 37.6 Å². The van der Waals surface area contributed by atoms with Gasteiger partial charge in [-0.2, -0.15) is 0 Å². The van der Waals surface area contributed by atoms with E-state index < -0.39 is 12.1 Å². The average molecular weight is 447 g/mol. The number of rotatable bonds is 6. The minimum absolute atomic E-state index is 0.0132. The number of carboxylic acid groups (broad SMARTS) is 1. The summed E-state index contributed by atoms with van der Waals surface area (Å²) < 4.78 is 5.61. The molecule has 170 valence electrons. The summed E-state index contributed by atoms with van der Waals surface area (Å²) in [5.41, 5.74) is 4.72. The molecule has 0 aliphatic heterocycles. The topological polar surface area (TPSA) is 105 Å². The molecule has 1 fully saturated rings. The number of benzene rings is 2. The minimum Gasteiger partial charge on any atom is -0.472 e. The molecule has 0 radical (unpaired) electrons. The molecule has 0 bridgehead atoms. The number of hydrogen-bond donors (Lipinski definition) is 3. The molecule has 0 aromatic heterocycles. The Bertz CT molecular complexity index is 1070. The molecule has 4 rings (SSSR count). The lowest BCUT2D eigenvalue weighted by molar-refractivity contribution is -0.130. The zero-order valence-electron chi connectivity index (χ0n) is 18.2. The van der Waals surface area contributed by atoms with Crippen molar-refractivity contribution in [2.75, 3.05) is 13.2 Å². The van der Waals surface area contributed by atoms with E-state index >= 15 is 0 Å². The van der Waals surface area contributed by atoms with Crippen LogP contribution in [-0.2, 0) is 14.3 Å². The number of amides is 2. The number of carbonyl (C=O) groups excluding carboxylic acids is 2. The van der Waals surface area contributed by atoms with Crippen LogP contribution in [0.3, 0.4) is 0 Å². The number of carboxylic acids is 1. The summed E-state index contributed by atoms with van der Waals surface area (Å²) in [6.45, 7) is 0.287. The summed E-state index contributed by atoms with van der Waals surface area (Å²) in [6, 6.07) is 16.4. The van der Waals surface area contributed by atoms with E-state index in [2.05, 4.69) is 40.8 Å². The molecule has 0 spiro atoms. The van der Waals surface area contributed by atoms with Crippen molar-refractivity contribution in [3.8, 4) is 23.0 Å². The third kappa shape index (κ3) is 5.53. The monoisotopic (exact) mass is 446 g/mol. The Balaban J connectivity index is 1.23. The highest BCUT2D eigenvalue weighted by atomic mass is 16.5. The first kappa shape index (κ1) is 22.4. The molecule has 3 N–H and O–H groups in total. The van der Waals surface area contributed by atoms with Crippen LogP contribution < -0.4 is 10.6 Å². The van der Waals surface area contributed by atoms with Crippen LogP contribution in [0.25, 0.3) is 11.1 Å². The lowest BCUT2D eigenvalue weighted by atomic mass is 9.98. The number of aliphatic carboxylic acids is 1. The second-order valence-electron chi connectivity index (χ2n) is 8.43. The Morgan fingerprint density at radius 3 is 2.33 bits per heavy atom. The van der Waals surface area contributed by atoms with Crippen LogP contribution in [0, 0.1) is 17.8 Å². The van der Waals surface area contributed by atoms with Gasteiger partial charge in [-0.05, 0) is 47.4 Å². The van der Waals surface area contributed by atoms with Gasteiger partial charge in [-0.3, -0.25) is 4.79 Å². The maximum atomic E-state index is 12.5. The van der Waals surface area contributed by atoms with Gasteiger partial charge in [0.1, 0.15) is 6.61 Å². The van der Waals surface area contributed by atoms with E-state index in [1.54, 1.807) is 0 Å². The summed E-state index contributed by atoms with van der Waals surface area (Å²) in [6.07, 6.45) is 2.23. The molecule has 2 unspecified atom stereocenters. The summed E-state index contributed by atoms with van der Waals surface area (Å²) >= 11 is 0. The van der Waals surface area contributed by atoms with E-state index in [0.717, 1.165) is 12.8 Å². The predicted molar refractivity (Wildman–Crippen MR) is 122 cm³/mol. The molecule has 2 aliphatic rings. The summed E-state index contributed by atoms with van der Waals surface area (Å²) in [5, 5.41) is 14.0. The molecule has 1 saturated carbocycles. The molecule has 33 heavy (non-hydrogen) atoms. The molecular weight excluding hydrogens is 420 g/mol. The van der Waals surface area contributed by atoms with Crippen LogP contribution in [0.4, 0.5) is 4.79 Å². The molecule has 2 aliphatic carbocycles. The standard InChI is InChI=1S/C26H26N2O5/c29-24(27-13-5-10-25(30)31)15-17-11-12-18(14-17)28-26(32)33-16-23-21-8-3-1-6-19(21)20-7-2-4-9-22(20)23/h1-4,6-9,17-18,23H,11-16H2,(H,27,29)(H,28,32)(H,30,31). The second-order valence-corrected chi connectivity index (χ2v) is 8.43. The largest absolute Gasteiger partial charge is 0.472 e. The van der Waals surface area contributed by atoms with E-state index in [1.807, 2.05) is 30.2 Å². The normalized spacial score (nSPS) is 18.4. The lowest BCUT2D eigenvalue weighted by Crippen LogP contribution is -2.34. The van der Waals surface area contributed by atoms with Crippen LogP contribution in [0.1, 0.15) is 42.7 Å². The second kappa shape index (κ2) is 10.2. The van der Waals surface area contributed by atoms with Crippen LogP contribution in [0.2, 0.25) is 0 Å². The number of nitrogens with one attached hydrogen (secondary N) is 2. The number of alkyl carbamates (subject to hydrolysis) is 1. The van der Waals surface area contributed by atoms with Crippen LogP contribution in [0.15, 0.2) is 48.5 Å². The number of fused-ring (bicyclic) bond motifs is 3. The third-order valence-electron chi connectivity index (χ3n) is 6.25. The molecule has 2 aromatic carbocycles. The smallest absolute Gasteiger partial charge is 0.407 e. The van der Waals surface area contributed by atoms with Gasteiger partial charge in [-0.1, -0.05) is 54.5 Å². The first-order valence-electron chi connectivity index (χ1n) is 11.1. The molecule has 0 heterocycles. The maximum absolute atomic E-state index is 12.5. The Hall–Kier alpha value is -3.79. The van der Waals surface area contributed by atoms with E-state index in [-0.39, 0.29) is 36.9 Å².